The molecule has 0 aromatic carbocycles. The zero-order chi connectivity index (χ0) is 8.55. The third kappa shape index (κ3) is 1.33. The summed E-state index contributed by atoms with van der Waals surface area (Å²) in [5.74, 6) is 0.765. The number of rotatable bonds is 1. The maximum atomic E-state index is 5.62. The predicted molar refractivity (Wildman–Crippen MR) is 51.4 cm³/mol. The van der Waals surface area contributed by atoms with Gasteiger partial charge in [-0.3, -0.25) is 0 Å². The number of furan rings is 1. The molecule has 0 saturated carbocycles. The fraction of sp³-hybridized carbons (Fsp3) is 0. The summed E-state index contributed by atoms with van der Waals surface area (Å²) < 4.78 is 5.20. The van der Waals surface area contributed by atoms with E-state index in [9.17, 15) is 0 Å². The van der Waals surface area contributed by atoms with Crippen molar-refractivity contribution in [3.63, 3.8) is 0 Å². The van der Waals surface area contributed by atoms with Crippen LogP contribution in [0.2, 0.25) is 5.22 Å². The van der Waals surface area contributed by atoms with Gasteiger partial charge in [-0.25, -0.2) is 0 Å². The molecule has 2 aromatic heterocycles. The highest BCUT2D eigenvalue weighted by molar-refractivity contribution is 7.14. The minimum atomic E-state index is 0.400. The monoisotopic (exact) mass is 199 g/mol. The first-order chi connectivity index (χ1) is 5.75. The number of halogens is 1. The van der Waals surface area contributed by atoms with E-state index in [4.69, 9.17) is 21.8 Å². The van der Waals surface area contributed by atoms with Crippen molar-refractivity contribution in [1.29, 1.82) is 0 Å². The maximum Gasteiger partial charge on any atom is 0.193 e. The standard InChI is InChI=1S/C8H6ClNOS/c9-8-2-1-6(11-8)7-3-5(10)4-12-7/h1-4H,10H2. The number of nitrogen functional groups attached to an aromatic ring is 1. The molecule has 0 aliphatic heterocycles. The van der Waals surface area contributed by atoms with Gasteiger partial charge in [-0.2, -0.15) is 0 Å². The van der Waals surface area contributed by atoms with E-state index in [1.807, 2.05) is 17.5 Å². The first-order valence-electron chi connectivity index (χ1n) is 3.35. The molecule has 0 unspecified atom stereocenters. The van der Waals surface area contributed by atoms with Crippen LogP contribution in [0.5, 0.6) is 0 Å². The summed E-state index contributed by atoms with van der Waals surface area (Å²) in [6, 6.07) is 5.40. The maximum absolute atomic E-state index is 5.62. The molecule has 4 heteroatoms. The van der Waals surface area contributed by atoms with Crippen molar-refractivity contribution in [3.05, 3.63) is 28.8 Å². The second kappa shape index (κ2) is 2.84. The van der Waals surface area contributed by atoms with E-state index in [-0.39, 0.29) is 0 Å². The molecule has 0 fully saturated rings. The average molecular weight is 200 g/mol. The van der Waals surface area contributed by atoms with Crippen LogP contribution < -0.4 is 5.73 Å². The molecule has 2 rings (SSSR count). The van der Waals surface area contributed by atoms with Gasteiger partial charge in [0.2, 0.25) is 0 Å². The minimum Gasteiger partial charge on any atom is -0.444 e. The van der Waals surface area contributed by atoms with E-state index < -0.39 is 0 Å². The number of anilines is 1. The Kier molecular flexibility index (Phi) is 1.83. The van der Waals surface area contributed by atoms with E-state index in [1.165, 1.54) is 11.3 Å². The zero-order valence-corrected chi connectivity index (χ0v) is 7.65. The number of nitrogens with two attached hydrogens (primary N) is 1. The normalized spacial score (nSPS) is 10.4. The smallest absolute Gasteiger partial charge is 0.193 e. The summed E-state index contributed by atoms with van der Waals surface area (Å²) in [6.07, 6.45) is 0. The molecule has 12 heavy (non-hydrogen) atoms. The quantitative estimate of drug-likeness (QED) is 0.766. The van der Waals surface area contributed by atoms with Gasteiger partial charge in [0.25, 0.3) is 0 Å². The summed E-state index contributed by atoms with van der Waals surface area (Å²) in [6.45, 7) is 0. The van der Waals surface area contributed by atoms with Crippen LogP contribution in [0.3, 0.4) is 0 Å². The molecule has 0 saturated heterocycles. The van der Waals surface area contributed by atoms with Gasteiger partial charge in [-0.1, -0.05) is 0 Å². The molecule has 2 nitrogen and oxygen atoms in total. The van der Waals surface area contributed by atoms with Crippen molar-refractivity contribution in [2.45, 2.75) is 0 Å². The molecule has 0 amide bonds. The fourth-order valence-electron chi connectivity index (χ4n) is 0.927. The lowest BCUT2D eigenvalue weighted by molar-refractivity contribution is 0.586. The van der Waals surface area contributed by atoms with Crippen LogP contribution in [0.15, 0.2) is 28.0 Å². The topological polar surface area (TPSA) is 39.2 Å². The van der Waals surface area contributed by atoms with Crippen LogP contribution in [0, 0.1) is 0 Å². The fourth-order valence-corrected chi connectivity index (χ4v) is 1.83. The van der Waals surface area contributed by atoms with Gasteiger partial charge in [0.05, 0.1) is 4.88 Å². The molecule has 0 aliphatic carbocycles. The summed E-state index contributed by atoms with van der Waals surface area (Å²) in [5.41, 5.74) is 6.31. The van der Waals surface area contributed by atoms with Crippen molar-refractivity contribution < 1.29 is 4.42 Å². The Morgan fingerprint density at radius 2 is 2.25 bits per heavy atom. The summed E-state index contributed by atoms with van der Waals surface area (Å²) in [7, 11) is 0. The van der Waals surface area contributed by atoms with Gasteiger partial charge in [0.15, 0.2) is 5.22 Å². The van der Waals surface area contributed by atoms with Gasteiger partial charge < -0.3 is 10.2 Å². The van der Waals surface area contributed by atoms with Gasteiger partial charge in [-0.05, 0) is 29.8 Å². The number of hydrogen-bond acceptors (Lipinski definition) is 3. The van der Waals surface area contributed by atoms with Gasteiger partial charge in [-0.15, -0.1) is 11.3 Å². The van der Waals surface area contributed by atoms with Crippen LogP contribution >= 0.6 is 22.9 Å². The van der Waals surface area contributed by atoms with Crippen molar-refractivity contribution in [3.8, 4) is 10.6 Å². The molecule has 0 aliphatic rings. The number of hydrogen-bond donors (Lipinski definition) is 1. The molecule has 2 N–H and O–H groups in total. The van der Waals surface area contributed by atoms with Crippen molar-refractivity contribution in [2.75, 3.05) is 5.73 Å². The Balaban J connectivity index is 2.43. The van der Waals surface area contributed by atoms with E-state index in [2.05, 4.69) is 0 Å². The zero-order valence-electron chi connectivity index (χ0n) is 6.08. The molecule has 62 valence electrons. The summed E-state index contributed by atoms with van der Waals surface area (Å²) in [5, 5.41) is 2.27. The first-order valence-corrected chi connectivity index (χ1v) is 4.61. The Hall–Kier alpha value is -0.930. The van der Waals surface area contributed by atoms with Crippen LogP contribution in [0.4, 0.5) is 5.69 Å². The average Bonchev–Trinajstić information content (AvgIpc) is 2.58. The lowest BCUT2D eigenvalue weighted by Crippen LogP contribution is -1.75. The highest BCUT2D eigenvalue weighted by Gasteiger charge is 2.04. The van der Waals surface area contributed by atoms with Crippen molar-refractivity contribution in [2.24, 2.45) is 0 Å². The van der Waals surface area contributed by atoms with E-state index in [0.29, 0.717) is 5.22 Å². The molecule has 0 radical (unpaired) electrons. The van der Waals surface area contributed by atoms with E-state index in [1.54, 1.807) is 6.07 Å². The third-order valence-electron chi connectivity index (χ3n) is 1.44. The van der Waals surface area contributed by atoms with Crippen LogP contribution in [-0.4, -0.2) is 0 Å². The number of thiophene rings is 1. The lowest BCUT2D eigenvalue weighted by atomic mass is 10.3. The predicted octanol–water partition coefficient (Wildman–Crippen LogP) is 3.24. The molecular formula is C8H6ClNOS. The van der Waals surface area contributed by atoms with Crippen LogP contribution in [0.1, 0.15) is 0 Å². The minimum absolute atomic E-state index is 0.400. The third-order valence-corrected chi connectivity index (χ3v) is 2.60. The molecule has 0 atom stereocenters. The van der Waals surface area contributed by atoms with Crippen molar-refractivity contribution in [1.82, 2.24) is 0 Å². The molecule has 2 aromatic rings. The van der Waals surface area contributed by atoms with Gasteiger partial charge in [0.1, 0.15) is 5.76 Å². The largest absolute Gasteiger partial charge is 0.444 e. The Bertz CT molecular complexity index is 355. The summed E-state index contributed by atoms with van der Waals surface area (Å²) in [4.78, 5) is 0.999. The van der Waals surface area contributed by atoms with Gasteiger partial charge >= 0.3 is 0 Å². The Morgan fingerprint density at radius 1 is 1.42 bits per heavy atom. The first kappa shape index (κ1) is 7.71. The van der Waals surface area contributed by atoms with E-state index >= 15 is 0 Å². The Labute approximate surface area is 78.6 Å². The highest BCUT2D eigenvalue weighted by atomic mass is 35.5. The van der Waals surface area contributed by atoms with Crippen molar-refractivity contribution >= 4 is 28.6 Å². The van der Waals surface area contributed by atoms with Gasteiger partial charge in [0, 0.05) is 11.1 Å². The SMILES string of the molecule is Nc1csc(-c2ccc(Cl)o2)c1. The molecular weight excluding hydrogens is 194 g/mol. The molecule has 0 bridgehead atoms. The Morgan fingerprint density at radius 3 is 2.75 bits per heavy atom. The second-order valence-electron chi connectivity index (χ2n) is 2.35. The molecule has 0 spiro atoms. The van der Waals surface area contributed by atoms with E-state index in [0.717, 1.165) is 16.3 Å². The summed E-state index contributed by atoms with van der Waals surface area (Å²) >= 11 is 7.16. The van der Waals surface area contributed by atoms with Crippen LogP contribution in [-0.2, 0) is 0 Å². The molecule has 2 heterocycles. The second-order valence-corrected chi connectivity index (χ2v) is 3.63. The highest BCUT2D eigenvalue weighted by Crippen LogP contribution is 2.30. The van der Waals surface area contributed by atoms with Crippen LogP contribution in [0.25, 0.3) is 10.6 Å². The lowest BCUT2D eigenvalue weighted by Gasteiger charge is -1.86.